The van der Waals surface area contributed by atoms with E-state index in [0.717, 1.165) is 5.56 Å². The second-order valence-electron chi connectivity index (χ2n) is 6.82. The summed E-state index contributed by atoms with van der Waals surface area (Å²) in [6.45, 7) is 8.67. The molecule has 2 N–H and O–H groups in total. The van der Waals surface area contributed by atoms with Gasteiger partial charge >= 0.3 is 12.0 Å². The van der Waals surface area contributed by atoms with E-state index in [2.05, 4.69) is 10.6 Å². The van der Waals surface area contributed by atoms with Gasteiger partial charge in [-0.3, -0.25) is 14.9 Å². The molecule has 1 rings (SSSR count). The van der Waals surface area contributed by atoms with Crippen molar-refractivity contribution < 1.29 is 23.9 Å². The zero-order valence-corrected chi connectivity index (χ0v) is 15.6. The molecule has 0 saturated carbocycles. The van der Waals surface area contributed by atoms with Gasteiger partial charge in [-0.15, -0.1) is 0 Å². The van der Waals surface area contributed by atoms with Gasteiger partial charge in [0.25, 0.3) is 5.91 Å². The number of amides is 3. The Kier molecular flexibility index (Phi) is 6.97. The van der Waals surface area contributed by atoms with E-state index in [1.54, 1.807) is 26.8 Å². The molecule has 1 atom stereocenters. The summed E-state index contributed by atoms with van der Waals surface area (Å²) in [5.74, 6) is -0.696. The molecule has 3 amide bonds. The maximum atomic E-state index is 12.1. The fourth-order valence-corrected chi connectivity index (χ4v) is 2.08. The van der Waals surface area contributed by atoms with Crippen LogP contribution in [0.3, 0.4) is 0 Å². The molecular weight excluding hydrogens is 324 g/mol. The summed E-state index contributed by atoms with van der Waals surface area (Å²) < 4.78 is 10.3. The van der Waals surface area contributed by atoms with Gasteiger partial charge in [-0.2, -0.15) is 0 Å². The molecule has 138 valence electrons. The number of imide groups is 1. The summed E-state index contributed by atoms with van der Waals surface area (Å²) in [6.07, 6.45) is -1.12. The summed E-state index contributed by atoms with van der Waals surface area (Å²) in [5.41, 5.74) is 1.17. The van der Waals surface area contributed by atoms with Crippen LogP contribution in [0.5, 0.6) is 5.75 Å². The van der Waals surface area contributed by atoms with E-state index in [9.17, 15) is 14.4 Å². The van der Waals surface area contributed by atoms with Crippen molar-refractivity contribution in [3.05, 3.63) is 29.3 Å². The Morgan fingerprint density at radius 2 is 1.84 bits per heavy atom. The monoisotopic (exact) mass is 350 g/mol. The van der Waals surface area contributed by atoms with Crippen molar-refractivity contribution in [1.82, 2.24) is 10.6 Å². The number of benzene rings is 1. The first kappa shape index (κ1) is 20.5. The number of methoxy groups -OCH3 is 1. The van der Waals surface area contributed by atoms with Gasteiger partial charge < -0.3 is 14.8 Å². The fourth-order valence-electron chi connectivity index (χ4n) is 2.08. The van der Waals surface area contributed by atoms with Gasteiger partial charge in [0.15, 0.2) is 6.10 Å². The molecule has 0 aliphatic rings. The van der Waals surface area contributed by atoms with E-state index >= 15 is 0 Å². The molecule has 0 aliphatic heterocycles. The first-order chi connectivity index (χ1) is 11.5. The highest BCUT2D eigenvalue weighted by Gasteiger charge is 2.22. The van der Waals surface area contributed by atoms with Crippen molar-refractivity contribution in [2.24, 2.45) is 0 Å². The normalized spacial score (nSPS) is 12.1. The van der Waals surface area contributed by atoms with E-state index in [1.807, 2.05) is 19.1 Å². The number of carbonyl (C=O) groups is 3. The lowest BCUT2D eigenvalue weighted by molar-refractivity contribution is -0.153. The molecule has 0 bridgehead atoms. The van der Waals surface area contributed by atoms with Crippen molar-refractivity contribution in [1.29, 1.82) is 0 Å². The number of nitrogens with one attached hydrogen (secondary N) is 2. The maximum Gasteiger partial charge on any atom is 0.321 e. The second kappa shape index (κ2) is 8.50. The van der Waals surface area contributed by atoms with Gasteiger partial charge in [0.1, 0.15) is 5.75 Å². The zero-order chi connectivity index (χ0) is 19.2. The number of hydrogen-bond acceptors (Lipinski definition) is 5. The molecule has 25 heavy (non-hydrogen) atoms. The number of esters is 1. The van der Waals surface area contributed by atoms with Crippen molar-refractivity contribution >= 4 is 17.9 Å². The van der Waals surface area contributed by atoms with E-state index in [-0.39, 0.29) is 6.42 Å². The average molecular weight is 350 g/mol. The molecule has 0 aromatic heterocycles. The standard InChI is InChI=1S/C18H26N2O5/c1-11-7-8-14(24-6)13(9-11)10-15(21)25-12(2)16(22)19-17(23)20-18(3,4)5/h7-9,12H,10H2,1-6H3,(H2,19,20,22,23)/t12-/m1/s1. The minimum atomic E-state index is -1.09. The Labute approximate surface area is 148 Å². The minimum absolute atomic E-state index is 0.0311. The molecule has 1 aromatic carbocycles. The maximum absolute atomic E-state index is 12.1. The van der Waals surface area contributed by atoms with Gasteiger partial charge in [-0.05, 0) is 40.7 Å². The van der Waals surface area contributed by atoms with E-state index in [4.69, 9.17) is 9.47 Å². The van der Waals surface area contributed by atoms with Crippen LogP contribution in [0.1, 0.15) is 38.8 Å². The Morgan fingerprint density at radius 1 is 1.20 bits per heavy atom. The summed E-state index contributed by atoms with van der Waals surface area (Å²) in [6, 6.07) is 4.82. The Hall–Kier alpha value is -2.57. The molecule has 7 heteroatoms. The van der Waals surface area contributed by atoms with Crippen LogP contribution in [0.25, 0.3) is 0 Å². The molecular formula is C18H26N2O5. The van der Waals surface area contributed by atoms with Crippen LogP contribution in [0, 0.1) is 6.92 Å². The highest BCUT2D eigenvalue weighted by molar-refractivity contribution is 5.97. The predicted molar refractivity (Wildman–Crippen MR) is 93.4 cm³/mol. The van der Waals surface area contributed by atoms with Crippen LogP contribution in [0.15, 0.2) is 18.2 Å². The fraction of sp³-hybridized carbons (Fsp3) is 0.500. The number of carbonyl (C=O) groups excluding carboxylic acids is 3. The van der Waals surface area contributed by atoms with Crippen LogP contribution in [-0.4, -0.2) is 36.7 Å². The Balaban J connectivity index is 2.60. The van der Waals surface area contributed by atoms with Crippen LogP contribution in [-0.2, 0) is 20.7 Å². The van der Waals surface area contributed by atoms with Gasteiger partial charge in [-0.1, -0.05) is 17.7 Å². The third kappa shape index (κ3) is 7.24. The van der Waals surface area contributed by atoms with Crippen molar-refractivity contribution in [2.45, 2.75) is 52.7 Å². The lowest BCUT2D eigenvalue weighted by atomic mass is 10.1. The summed E-state index contributed by atoms with van der Waals surface area (Å²) in [7, 11) is 1.52. The van der Waals surface area contributed by atoms with Crippen LogP contribution in [0.4, 0.5) is 4.79 Å². The average Bonchev–Trinajstić information content (AvgIpc) is 2.45. The quantitative estimate of drug-likeness (QED) is 0.793. The zero-order valence-electron chi connectivity index (χ0n) is 15.6. The largest absolute Gasteiger partial charge is 0.496 e. The SMILES string of the molecule is COc1ccc(C)cc1CC(=O)O[C@H](C)C(=O)NC(=O)NC(C)(C)C. The summed E-state index contributed by atoms with van der Waals surface area (Å²) in [4.78, 5) is 35.7. The first-order valence-electron chi connectivity index (χ1n) is 7.98. The Morgan fingerprint density at radius 3 is 2.40 bits per heavy atom. The first-order valence-corrected chi connectivity index (χ1v) is 7.98. The van der Waals surface area contributed by atoms with Crippen LogP contribution >= 0.6 is 0 Å². The summed E-state index contributed by atoms with van der Waals surface area (Å²) >= 11 is 0. The lowest BCUT2D eigenvalue weighted by Crippen LogP contribution is -2.50. The van der Waals surface area contributed by atoms with Crippen molar-refractivity contribution in [3.63, 3.8) is 0 Å². The number of aryl methyl sites for hydroxylation is 1. The van der Waals surface area contributed by atoms with Crippen LogP contribution < -0.4 is 15.4 Å². The van der Waals surface area contributed by atoms with Gasteiger partial charge in [0.2, 0.25) is 0 Å². The highest BCUT2D eigenvalue weighted by Crippen LogP contribution is 2.20. The molecule has 0 spiro atoms. The van der Waals surface area contributed by atoms with Crippen molar-refractivity contribution in [3.8, 4) is 5.75 Å². The molecule has 0 fully saturated rings. The number of urea groups is 1. The molecule has 0 radical (unpaired) electrons. The molecule has 0 aliphatic carbocycles. The molecule has 0 unspecified atom stereocenters. The smallest absolute Gasteiger partial charge is 0.321 e. The second-order valence-corrected chi connectivity index (χ2v) is 6.82. The summed E-state index contributed by atoms with van der Waals surface area (Å²) in [5, 5.41) is 4.74. The van der Waals surface area contributed by atoms with E-state index in [0.29, 0.717) is 11.3 Å². The molecule has 7 nitrogen and oxygen atoms in total. The van der Waals surface area contributed by atoms with E-state index in [1.165, 1.54) is 14.0 Å². The van der Waals surface area contributed by atoms with Crippen molar-refractivity contribution in [2.75, 3.05) is 7.11 Å². The number of ether oxygens (including phenoxy) is 2. The predicted octanol–water partition coefficient (Wildman–Crippen LogP) is 2.10. The van der Waals surface area contributed by atoms with Gasteiger partial charge in [0.05, 0.1) is 13.5 Å². The third-order valence-electron chi connectivity index (χ3n) is 3.17. The number of rotatable bonds is 5. The van der Waals surface area contributed by atoms with Crippen LogP contribution in [0.2, 0.25) is 0 Å². The van der Waals surface area contributed by atoms with Gasteiger partial charge in [-0.25, -0.2) is 4.79 Å². The number of hydrogen-bond donors (Lipinski definition) is 2. The molecule has 0 saturated heterocycles. The molecule has 0 heterocycles. The molecule has 1 aromatic rings. The Bertz CT molecular complexity index is 649. The lowest BCUT2D eigenvalue weighted by Gasteiger charge is -2.21. The minimum Gasteiger partial charge on any atom is -0.496 e. The third-order valence-corrected chi connectivity index (χ3v) is 3.17. The highest BCUT2D eigenvalue weighted by atomic mass is 16.5. The topological polar surface area (TPSA) is 93.7 Å². The van der Waals surface area contributed by atoms with E-state index < -0.39 is 29.6 Å². The van der Waals surface area contributed by atoms with Gasteiger partial charge in [0, 0.05) is 11.1 Å².